The van der Waals surface area contributed by atoms with Crippen LogP contribution in [0.5, 0.6) is 17.2 Å². The Morgan fingerprint density at radius 1 is 0.833 bits per heavy atom. The van der Waals surface area contributed by atoms with E-state index in [9.17, 15) is 0 Å². The van der Waals surface area contributed by atoms with Gasteiger partial charge in [0.25, 0.3) is 0 Å². The summed E-state index contributed by atoms with van der Waals surface area (Å²) in [6.07, 6.45) is 9.31. The molecule has 3 aliphatic rings. The SMILES string of the molecule is COc1cc(C=NCC2CCCC(CN=Cc3cccc(OCC4CO4)c3)C2)ccc1OCC1CO1. The van der Waals surface area contributed by atoms with Gasteiger partial charge < -0.3 is 23.7 Å². The van der Waals surface area contributed by atoms with Gasteiger partial charge in [-0.05, 0) is 72.6 Å². The Morgan fingerprint density at radius 2 is 1.50 bits per heavy atom. The molecule has 1 aliphatic carbocycles. The quantitative estimate of drug-likeness (QED) is 0.302. The van der Waals surface area contributed by atoms with Gasteiger partial charge in [0.1, 0.15) is 31.2 Å². The zero-order valence-corrected chi connectivity index (χ0v) is 21.0. The fourth-order valence-corrected chi connectivity index (χ4v) is 4.62. The highest BCUT2D eigenvalue weighted by Gasteiger charge is 2.24. The van der Waals surface area contributed by atoms with E-state index in [1.165, 1.54) is 25.7 Å². The van der Waals surface area contributed by atoms with Gasteiger partial charge in [0.15, 0.2) is 11.5 Å². The van der Waals surface area contributed by atoms with Crippen LogP contribution in [0.1, 0.15) is 36.8 Å². The molecule has 0 N–H and O–H groups in total. The predicted molar refractivity (Wildman–Crippen MR) is 140 cm³/mol. The summed E-state index contributed by atoms with van der Waals surface area (Å²) in [5, 5.41) is 0. The Morgan fingerprint density at radius 3 is 2.17 bits per heavy atom. The molecule has 2 heterocycles. The second kappa shape index (κ2) is 12.4. The van der Waals surface area contributed by atoms with Crippen LogP contribution in [0.15, 0.2) is 52.4 Å². The highest BCUT2D eigenvalue weighted by molar-refractivity contribution is 5.81. The number of rotatable bonds is 13. The maximum atomic E-state index is 5.79. The molecule has 36 heavy (non-hydrogen) atoms. The normalized spacial score (nSPS) is 25.2. The topological polar surface area (TPSA) is 77.5 Å². The number of hydrogen-bond donors (Lipinski definition) is 0. The van der Waals surface area contributed by atoms with Gasteiger partial charge in [-0.1, -0.05) is 18.6 Å². The Balaban J connectivity index is 1.06. The lowest BCUT2D eigenvalue weighted by Gasteiger charge is -2.27. The summed E-state index contributed by atoms with van der Waals surface area (Å²) in [7, 11) is 1.66. The first-order chi connectivity index (χ1) is 17.7. The van der Waals surface area contributed by atoms with Crippen LogP contribution in [-0.4, -0.2) is 71.3 Å². The van der Waals surface area contributed by atoms with Crippen molar-refractivity contribution in [2.75, 3.05) is 46.6 Å². The van der Waals surface area contributed by atoms with E-state index in [0.717, 1.165) is 54.7 Å². The summed E-state index contributed by atoms with van der Waals surface area (Å²) in [6.45, 7) is 4.49. The fraction of sp³-hybridized carbons (Fsp3) is 0.517. The molecule has 0 bridgehead atoms. The maximum absolute atomic E-state index is 5.79. The minimum atomic E-state index is 0.222. The molecule has 0 radical (unpaired) electrons. The summed E-state index contributed by atoms with van der Waals surface area (Å²) in [5.41, 5.74) is 2.10. The van der Waals surface area contributed by atoms with E-state index in [1.807, 2.05) is 48.8 Å². The van der Waals surface area contributed by atoms with Gasteiger partial charge >= 0.3 is 0 Å². The van der Waals surface area contributed by atoms with Crippen molar-refractivity contribution in [3.8, 4) is 17.2 Å². The minimum absolute atomic E-state index is 0.222. The number of methoxy groups -OCH3 is 1. The minimum Gasteiger partial charge on any atom is -0.493 e. The second-order valence-electron chi connectivity index (χ2n) is 9.90. The molecule has 4 atom stereocenters. The van der Waals surface area contributed by atoms with Crippen LogP contribution in [-0.2, 0) is 9.47 Å². The van der Waals surface area contributed by atoms with Gasteiger partial charge in [-0.15, -0.1) is 0 Å². The van der Waals surface area contributed by atoms with Crippen LogP contribution in [0.4, 0.5) is 0 Å². The van der Waals surface area contributed by atoms with Crippen molar-refractivity contribution in [1.82, 2.24) is 0 Å². The van der Waals surface area contributed by atoms with Crippen molar-refractivity contribution in [3.05, 3.63) is 53.6 Å². The molecule has 5 rings (SSSR count). The van der Waals surface area contributed by atoms with Gasteiger partial charge in [-0.3, -0.25) is 9.98 Å². The van der Waals surface area contributed by atoms with Crippen molar-refractivity contribution in [2.45, 2.75) is 37.9 Å². The van der Waals surface area contributed by atoms with Crippen LogP contribution >= 0.6 is 0 Å². The van der Waals surface area contributed by atoms with Gasteiger partial charge in [-0.2, -0.15) is 0 Å². The van der Waals surface area contributed by atoms with Crippen LogP contribution in [0.2, 0.25) is 0 Å². The predicted octanol–water partition coefficient (Wildman–Crippen LogP) is 4.59. The molecule has 1 saturated carbocycles. The highest BCUT2D eigenvalue weighted by atomic mass is 16.6. The molecule has 0 spiro atoms. The number of benzene rings is 2. The van der Waals surface area contributed by atoms with E-state index in [0.29, 0.717) is 25.0 Å². The molecule has 2 saturated heterocycles. The molecule has 7 heteroatoms. The summed E-state index contributed by atoms with van der Waals surface area (Å²) in [6, 6.07) is 14.0. The summed E-state index contributed by atoms with van der Waals surface area (Å²) in [4.78, 5) is 9.51. The Kier molecular flexibility index (Phi) is 8.51. The highest BCUT2D eigenvalue weighted by Crippen LogP contribution is 2.30. The Hall–Kier alpha value is -2.90. The first-order valence-electron chi connectivity index (χ1n) is 13.0. The van der Waals surface area contributed by atoms with Crippen molar-refractivity contribution >= 4 is 12.4 Å². The number of ether oxygens (including phenoxy) is 5. The van der Waals surface area contributed by atoms with Crippen molar-refractivity contribution in [3.63, 3.8) is 0 Å². The van der Waals surface area contributed by atoms with E-state index < -0.39 is 0 Å². The van der Waals surface area contributed by atoms with Crippen LogP contribution < -0.4 is 14.2 Å². The summed E-state index contributed by atoms with van der Waals surface area (Å²) >= 11 is 0. The zero-order chi connectivity index (χ0) is 24.6. The molecule has 7 nitrogen and oxygen atoms in total. The molecule has 2 aromatic carbocycles. The number of nitrogens with zero attached hydrogens (tertiary/aromatic N) is 2. The van der Waals surface area contributed by atoms with E-state index in [1.54, 1.807) is 7.11 Å². The summed E-state index contributed by atoms with van der Waals surface area (Å²) < 4.78 is 27.5. The monoisotopic (exact) mass is 492 g/mol. The summed E-state index contributed by atoms with van der Waals surface area (Å²) in [5.74, 6) is 3.57. The number of epoxide rings is 2. The molecule has 192 valence electrons. The average Bonchev–Trinajstić information content (AvgIpc) is 3.83. The van der Waals surface area contributed by atoms with Crippen molar-refractivity contribution in [1.29, 1.82) is 0 Å². The Labute approximate surface area is 213 Å². The average molecular weight is 493 g/mol. The lowest BCUT2D eigenvalue weighted by molar-refractivity contribution is 0.252. The molecule has 0 aromatic heterocycles. The number of hydrogen-bond acceptors (Lipinski definition) is 7. The van der Waals surface area contributed by atoms with Crippen LogP contribution in [0, 0.1) is 11.8 Å². The first kappa shape index (κ1) is 24.8. The smallest absolute Gasteiger partial charge is 0.161 e. The first-order valence-corrected chi connectivity index (χ1v) is 13.0. The van der Waals surface area contributed by atoms with Crippen molar-refractivity contribution < 1.29 is 23.7 Å². The van der Waals surface area contributed by atoms with Gasteiger partial charge in [0.05, 0.1) is 20.3 Å². The lowest BCUT2D eigenvalue weighted by atomic mass is 9.81. The molecular formula is C29H36N2O5. The van der Waals surface area contributed by atoms with E-state index in [4.69, 9.17) is 33.7 Å². The maximum Gasteiger partial charge on any atom is 0.161 e. The van der Waals surface area contributed by atoms with Crippen LogP contribution in [0.25, 0.3) is 0 Å². The third-order valence-electron chi connectivity index (χ3n) is 6.81. The molecule has 0 amide bonds. The van der Waals surface area contributed by atoms with Gasteiger partial charge in [0.2, 0.25) is 0 Å². The Bertz CT molecular complexity index is 1050. The molecular weight excluding hydrogens is 456 g/mol. The number of aliphatic imine (C=N–C) groups is 2. The zero-order valence-electron chi connectivity index (χ0n) is 21.0. The van der Waals surface area contributed by atoms with E-state index in [2.05, 4.69) is 6.07 Å². The van der Waals surface area contributed by atoms with Crippen molar-refractivity contribution in [2.24, 2.45) is 21.8 Å². The lowest BCUT2D eigenvalue weighted by Crippen LogP contribution is -2.20. The van der Waals surface area contributed by atoms with Gasteiger partial charge in [0, 0.05) is 25.5 Å². The molecule has 2 aliphatic heterocycles. The second-order valence-corrected chi connectivity index (χ2v) is 9.90. The van der Waals surface area contributed by atoms with Gasteiger partial charge in [-0.25, -0.2) is 0 Å². The van der Waals surface area contributed by atoms with E-state index >= 15 is 0 Å². The molecule has 3 fully saturated rings. The third-order valence-corrected chi connectivity index (χ3v) is 6.81. The molecule has 4 unspecified atom stereocenters. The third kappa shape index (κ3) is 7.80. The standard InChI is InChI=1S/C29H36N2O5/c1-32-29-12-24(8-9-28(29)36-20-27-19-35-27)16-31-14-22-5-2-4-21(10-22)13-30-15-23-6-3-7-25(11-23)33-17-26-18-34-26/h3,6-9,11-12,15-16,21-22,26-27H,2,4-5,10,13-14,17-20H2,1H3. The molecule has 2 aromatic rings. The van der Waals surface area contributed by atoms with E-state index in [-0.39, 0.29) is 12.2 Å². The largest absolute Gasteiger partial charge is 0.493 e. The van der Waals surface area contributed by atoms with Crippen LogP contribution in [0.3, 0.4) is 0 Å². The fourth-order valence-electron chi connectivity index (χ4n) is 4.62.